The van der Waals surface area contributed by atoms with Crippen molar-refractivity contribution in [2.24, 2.45) is 7.05 Å². The highest BCUT2D eigenvalue weighted by Gasteiger charge is 2.18. The van der Waals surface area contributed by atoms with Crippen LogP contribution in [0.1, 0.15) is 6.92 Å². The van der Waals surface area contributed by atoms with Crippen LogP contribution in [0.3, 0.4) is 0 Å². The Morgan fingerprint density at radius 2 is 2.10 bits per heavy atom. The fourth-order valence-electron chi connectivity index (χ4n) is 2.34. The molecule has 0 saturated heterocycles. The van der Waals surface area contributed by atoms with Crippen molar-refractivity contribution in [1.82, 2.24) is 9.55 Å². The Balaban J connectivity index is 2.47. The second-order valence-electron chi connectivity index (χ2n) is 4.44. The van der Waals surface area contributed by atoms with Crippen molar-refractivity contribution in [2.75, 3.05) is 0 Å². The van der Waals surface area contributed by atoms with E-state index in [-0.39, 0.29) is 5.97 Å². The molecule has 0 amide bonds. The molecule has 102 valence electrons. The predicted octanol–water partition coefficient (Wildman–Crippen LogP) is 4.18. The zero-order chi connectivity index (χ0) is 14.4. The number of benzene rings is 1. The Morgan fingerprint density at radius 1 is 1.35 bits per heavy atom. The summed E-state index contributed by atoms with van der Waals surface area (Å²) in [5.41, 5.74) is 2.05. The number of carbonyl (C=O) groups excluding carboxylic acids is 1. The maximum Gasteiger partial charge on any atom is 0.308 e. The van der Waals surface area contributed by atoms with E-state index in [4.69, 9.17) is 4.74 Å². The van der Waals surface area contributed by atoms with Crippen LogP contribution in [0.4, 0.5) is 0 Å². The summed E-state index contributed by atoms with van der Waals surface area (Å²) in [5.74, 6) is 0.141. The van der Waals surface area contributed by atoms with Crippen LogP contribution in [-0.4, -0.2) is 15.5 Å². The fraction of sp³-hybridized carbons (Fsp3) is 0.143. The molecule has 0 saturated carbocycles. The monoisotopic (exact) mass is 396 g/mol. The fourth-order valence-corrected chi connectivity index (χ4v) is 3.81. The minimum Gasteiger partial charge on any atom is -0.424 e. The van der Waals surface area contributed by atoms with Gasteiger partial charge in [0, 0.05) is 30.9 Å². The lowest BCUT2D eigenvalue weighted by Crippen LogP contribution is -2.03. The minimum atomic E-state index is -0.354. The number of hydrogen-bond donors (Lipinski definition) is 0. The molecule has 0 N–H and O–H groups in total. The molecule has 2 aromatic heterocycles. The summed E-state index contributed by atoms with van der Waals surface area (Å²) in [6.07, 6.45) is 3.57. The topological polar surface area (TPSA) is 44.1 Å². The van der Waals surface area contributed by atoms with Gasteiger partial charge in [0.1, 0.15) is 0 Å². The van der Waals surface area contributed by atoms with E-state index >= 15 is 0 Å². The molecule has 3 rings (SSSR count). The molecule has 2 heterocycles. The number of aryl methyl sites for hydroxylation is 1. The van der Waals surface area contributed by atoms with Crippen LogP contribution in [0.15, 0.2) is 33.5 Å². The van der Waals surface area contributed by atoms with Crippen molar-refractivity contribution >= 4 is 59.6 Å². The standard InChI is InChI=1S/C14H10Br2N2O2/c1-7(19)20-14-9(15)5-10-12(13(14)16)8-3-4-17-6-11(8)18(10)2/h3-6H,1-2H3. The number of nitrogens with zero attached hydrogens (tertiary/aromatic N) is 2. The van der Waals surface area contributed by atoms with Crippen LogP contribution in [0, 0.1) is 0 Å². The SMILES string of the molecule is CC(=O)Oc1c(Br)cc2c(c1Br)c1ccncc1n2C. The third kappa shape index (κ3) is 1.94. The number of esters is 1. The molecule has 0 bridgehead atoms. The van der Waals surface area contributed by atoms with Crippen LogP contribution < -0.4 is 4.74 Å². The van der Waals surface area contributed by atoms with Gasteiger partial charge in [0.15, 0.2) is 5.75 Å². The summed E-state index contributed by atoms with van der Waals surface area (Å²) < 4.78 is 8.83. The highest BCUT2D eigenvalue weighted by Crippen LogP contribution is 2.43. The van der Waals surface area contributed by atoms with Gasteiger partial charge < -0.3 is 9.30 Å². The van der Waals surface area contributed by atoms with Gasteiger partial charge in [-0.2, -0.15) is 0 Å². The lowest BCUT2D eigenvalue weighted by molar-refractivity contribution is -0.131. The number of rotatable bonds is 1. The van der Waals surface area contributed by atoms with E-state index in [9.17, 15) is 4.79 Å². The van der Waals surface area contributed by atoms with Gasteiger partial charge in [-0.3, -0.25) is 9.78 Å². The molecular formula is C14H10Br2N2O2. The third-order valence-corrected chi connectivity index (χ3v) is 4.54. The van der Waals surface area contributed by atoms with E-state index in [1.165, 1.54) is 6.92 Å². The van der Waals surface area contributed by atoms with Crippen molar-refractivity contribution in [1.29, 1.82) is 0 Å². The van der Waals surface area contributed by atoms with Gasteiger partial charge in [-0.15, -0.1) is 0 Å². The molecule has 0 fully saturated rings. The summed E-state index contributed by atoms with van der Waals surface area (Å²) in [4.78, 5) is 15.4. The van der Waals surface area contributed by atoms with Gasteiger partial charge in [0.05, 0.1) is 26.2 Å². The number of fused-ring (bicyclic) bond motifs is 3. The van der Waals surface area contributed by atoms with E-state index in [0.717, 1.165) is 30.8 Å². The number of halogens is 2. The average Bonchev–Trinajstić information content (AvgIpc) is 2.68. The highest BCUT2D eigenvalue weighted by molar-refractivity contribution is 9.11. The molecule has 0 aliphatic rings. The first-order valence-corrected chi connectivity index (χ1v) is 7.48. The quantitative estimate of drug-likeness (QED) is 0.457. The zero-order valence-corrected chi connectivity index (χ0v) is 13.9. The molecule has 0 unspecified atom stereocenters. The van der Waals surface area contributed by atoms with Crippen molar-refractivity contribution < 1.29 is 9.53 Å². The molecule has 0 aliphatic heterocycles. The summed E-state index contributed by atoms with van der Waals surface area (Å²) >= 11 is 7.01. The maximum atomic E-state index is 11.2. The second-order valence-corrected chi connectivity index (χ2v) is 6.09. The molecule has 0 radical (unpaired) electrons. The van der Waals surface area contributed by atoms with E-state index in [2.05, 4.69) is 41.4 Å². The summed E-state index contributed by atoms with van der Waals surface area (Å²) in [6.45, 7) is 1.39. The third-order valence-electron chi connectivity index (χ3n) is 3.19. The van der Waals surface area contributed by atoms with E-state index in [0.29, 0.717) is 5.75 Å². The van der Waals surface area contributed by atoms with Gasteiger partial charge in [0.25, 0.3) is 0 Å². The maximum absolute atomic E-state index is 11.2. The lowest BCUT2D eigenvalue weighted by Gasteiger charge is -2.09. The van der Waals surface area contributed by atoms with Gasteiger partial charge in [-0.25, -0.2) is 0 Å². The largest absolute Gasteiger partial charge is 0.424 e. The van der Waals surface area contributed by atoms with Gasteiger partial charge in [-0.1, -0.05) is 0 Å². The average molecular weight is 398 g/mol. The van der Waals surface area contributed by atoms with E-state index in [1.807, 2.05) is 25.4 Å². The zero-order valence-electron chi connectivity index (χ0n) is 10.8. The van der Waals surface area contributed by atoms with Crippen molar-refractivity contribution in [3.8, 4) is 5.75 Å². The molecule has 6 heteroatoms. The Bertz CT molecular complexity index is 855. The Labute approximate surface area is 132 Å². The van der Waals surface area contributed by atoms with Crippen LogP contribution in [0.2, 0.25) is 0 Å². The van der Waals surface area contributed by atoms with Crippen LogP contribution in [0.25, 0.3) is 21.8 Å². The molecule has 3 aromatic rings. The van der Waals surface area contributed by atoms with Crippen molar-refractivity contribution in [2.45, 2.75) is 6.92 Å². The molecule has 20 heavy (non-hydrogen) atoms. The lowest BCUT2D eigenvalue weighted by atomic mass is 10.2. The first-order valence-electron chi connectivity index (χ1n) is 5.89. The highest BCUT2D eigenvalue weighted by atomic mass is 79.9. The molecule has 0 spiro atoms. The summed E-state index contributed by atoms with van der Waals surface area (Å²) in [5, 5.41) is 2.06. The Morgan fingerprint density at radius 3 is 2.80 bits per heavy atom. The van der Waals surface area contributed by atoms with Crippen LogP contribution in [0.5, 0.6) is 5.75 Å². The summed E-state index contributed by atoms with van der Waals surface area (Å²) in [6, 6.07) is 3.90. The molecule has 4 nitrogen and oxygen atoms in total. The molecule has 0 aliphatic carbocycles. The minimum absolute atomic E-state index is 0.354. The van der Waals surface area contributed by atoms with Gasteiger partial charge >= 0.3 is 5.97 Å². The molecule has 1 aromatic carbocycles. The first-order chi connectivity index (χ1) is 9.50. The number of pyridine rings is 1. The normalized spacial score (nSPS) is 11.2. The number of aromatic nitrogens is 2. The summed E-state index contributed by atoms with van der Waals surface area (Å²) in [7, 11) is 1.98. The Kier molecular flexibility index (Phi) is 3.30. The van der Waals surface area contributed by atoms with Crippen LogP contribution >= 0.6 is 31.9 Å². The predicted molar refractivity (Wildman–Crippen MR) is 84.9 cm³/mol. The van der Waals surface area contributed by atoms with Gasteiger partial charge in [0.2, 0.25) is 0 Å². The van der Waals surface area contributed by atoms with Gasteiger partial charge in [-0.05, 0) is 44.0 Å². The number of carbonyl (C=O) groups is 1. The molecule has 0 atom stereocenters. The first kappa shape index (κ1) is 13.6. The smallest absolute Gasteiger partial charge is 0.308 e. The van der Waals surface area contributed by atoms with Crippen LogP contribution in [-0.2, 0) is 11.8 Å². The Hall–Kier alpha value is -1.40. The number of ether oxygens (including phenoxy) is 1. The van der Waals surface area contributed by atoms with Crippen molar-refractivity contribution in [3.05, 3.63) is 33.5 Å². The van der Waals surface area contributed by atoms with Crippen molar-refractivity contribution in [3.63, 3.8) is 0 Å². The second kappa shape index (κ2) is 4.86. The van der Waals surface area contributed by atoms with E-state index < -0.39 is 0 Å². The van der Waals surface area contributed by atoms with E-state index in [1.54, 1.807) is 6.20 Å². The molecular weight excluding hydrogens is 388 g/mol. The number of hydrogen-bond acceptors (Lipinski definition) is 3.